The van der Waals surface area contributed by atoms with E-state index in [0.717, 1.165) is 25.3 Å². The number of aliphatic hydroxyl groups excluding tert-OH is 1. The number of aromatic nitrogens is 1. The molecule has 1 aliphatic rings. The third-order valence-corrected chi connectivity index (χ3v) is 3.51. The van der Waals surface area contributed by atoms with E-state index in [2.05, 4.69) is 10.3 Å². The molecule has 1 aromatic rings. The van der Waals surface area contributed by atoms with E-state index in [0.29, 0.717) is 6.54 Å². The van der Waals surface area contributed by atoms with Gasteiger partial charge >= 0.3 is 6.18 Å². The van der Waals surface area contributed by atoms with Crippen molar-refractivity contribution in [3.05, 3.63) is 29.6 Å². The summed E-state index contributed by atoms with van der Waals surface area (Å²) in [6.45, 7) is 0.591. The molecule has 0 radical (unpaired) electrons. The monoisotopic (exact) mass is 274 g/mol. The van der Waals surface area contributed by atoms with Gasteiger partial charge in [0.1, 0.15) is 0 Å². The Morgan fingerprint density at radius 2 is 2.16 bits per heavy atom. The summed E-state index contributed by atoms with van der Waals surface area (Å²) >= 11 is 0. The third kappa shape index (κ3) is 3.67. The first-order chi connectivity index (χ1) is 8.98. The molecule has 0 amide bonds. The normalized spacial score (nSPS) is 23.8. The van der Waals surface area contributed by atoms with Gasteiger partial charge in [-0.05, 0) is 30.9 Å². The van der Waals surface area contributed by atoms with Gasteiger partial charge in [-0.2, -0.15) is 13.2 Å². The number of aliphatic hydroxyl groups is 1. The number of rotatable bonds is 4. The molecule has 1 aromatic heterocycles. The van der Waals surface area contributed by atoms with Crippen LogP contribution in [0.25, 0.3) is 0 Å². The maximum atomic E-state index is 12.7. The van der Waals surface area contributed by atoms with Crippen molar-refractivity contribution < 1.29 is 18.3 Å². The van der Waals surface area contributed by atoms with Crippen molar-refractivity contribution in [1.82, 2.24) is 10.3 Å². The summed E-state index contributed by atoms with van der Waals surface area (Å²) in [6, 6.07) is 2.32. The van der Waals surface area contributed by atoms with Crippen LogP contribution in [0.1, 0.15) is 30.5 Å². The summed E-state index contributed by atoms with van der Waals surface area (Å²) in [5.41, 5.74) is -0.697. The predicted molar refractivity (Wildman–Crippen MR) is 64.3 cm³/mol. The molecule has 6 heteroatoms. The number of pyridine rings is 1. The van der Waals surface area contributed by atoms with Gasteiger partial charge in [-0.1, -0.05) is 6.42 Å². The molecule has 0 aliphatic heterocycles. The van der Waals surface area contributed by atoms with Crippen LogP contribution in [0.15, 0.2) is 18.3 Å². The number of halogens is 3. The lowest BCUT2D eigenvalue weighted by atomic mass is 10.1. The number of nitrogens with one attached hydrogen (secondary N) is 1. The zero-order chi connectivity index (χ0) is 13.9. The average Bonchev–Trinajstić information content (AvgIpc) is 2.75. The van der Waals surface area contributed by atoms with Crippen LogP contribution in [0, 0.1) is 5.92 Å². The summed E-state index contributed by atoms with van der Waals surface area (Å²) in [6.07, 6.45) is -0.676. The van der Waals surface area contributed by atoms with E-state index in [1.807, 2.05) is 0 Å². The Morgan fingerprint density at radius 3 is 2.79 bits per heavy atom. The first-order valence-corrected chi connectivity index (χ1v) is 6.38. The summed E-state index contributed by atoms with van der Waals surface area (Å²) < 4.78 is 38.2. The topological polar surface area (TPSA) is 45.1 Å². The summed E-state index contributed by atoms with van der Waals surface area (Å²) in [5, 5.41) is 12.6. The van der Waals surface area contributed by atoms with Gasteiger partial charge in [0, 0.05) is 19.3 Å². The molecule has 3 nitrogen and oxygen atoms in total. The summed E-state index contributed by atoms with van der Waals surface area (Å²) in [7, 11) is 0. The standard InChI is InChI=1S/C13H17F3N2O/c14-13(15,16)10-4-2-6-18-11(10)8-17-7-9-3-1-5-12(9)19/h2,4,6,9,12,17,19H,1,3,5,7-8H2. The van der Waals surface area contributed by atoms with Crippen LogP contribution in [-0.2, 0) is 12.7 Å². The maximum absolute atomic E-state index is 12.7. The molecular weight excluding hydrogens is 257 g/mol. The van der Waals surface area contributed by atoms with Crippen LogP contribution in [-0.4, -0.2) is 22.7 Å². The van der Waals surface area contributed by atoms with E-state index >= 15 is 0 Å². The van der Waals surface area contributed by atoms with Crippen molar-refractivity contribution in [3.63, 3.8) is 0 Å². The first kappa shape index (κ1) is 14.3. The largest absolute Gasteiger partial charge is 0.418 e. The molecule has 2 atom stereocenters. The van der Waals surface area contributed by atoms with Crippen LogP contribution in [0.2, 0.25) is 0 Å². The summed E-state index contributed by atoms with van der Waals surface area (Å²) in [5.74, 6) is 0.137. The molecule has 2 rings (SSSR count). The van der Waals surface area contributed by atoms with Crippen molar-refractivity contribution in [2.75, 3.05) is 6.54 Å². The van der Waals surface area contributed by atoms with Gasteiger partial charge in [0.2, 0.25) is 0 Å². The second-order valence-corrected chi connectivity index (χ2v) is 4.88. The molecule has 1 aliphatic carbocycles. The fourth-order valence-corrected chi connectivity index (χ4v) is 2.47. The molecule has 1 saturated carbocycles. The van der Waals surface area contributed by atoms with Crippen molar-refractivity contribution in [3.8, 4) is 0 Å². The van der Waals surface area contributed by atoms with Gasteiger partial charge < -0.3 is 10.4 Å². The van der Waals surface area contributed by atoms with E-state index in [9.17, 15) is 18.3 Å². The molecule has 19 heavy (non-hydrogen) atoms. The highest BCUT2D eigenvalue weighted by Gasteiger charge is 2.33. The third-order valence-electron chi connectivity index (χ3n) is 3.51. The molecule has 1 heterocycles. The molecule has 2 N–H and O–H groups in total. The minimum Gasteiger partial charge on any atom is -0.393 e. The number of nitrogens with zero attached hydrogens (tertiary/aromatic N) is 1. The van der Waals surface area contributed by atoms with Crippen molar-refractivity contribution >= 4 is 0 Å². The lowest BCUT2D eigenvalue weighted by Crippen LogP contribution is -2.28. The molecule has 0 spiro atoms. The highest BCUT2D eigenvalue weighted by atomic mass is 19.4. The van der Waals surface area contributed by atoms with E-state index in [1.54, 1.807) is 0 Å². The van der Waals surface area contributed by atoms with E-state index in [4.69, 9.17) is 0 Å². The Morgan fingerprint density at radius 1 is 1.37 bits per heavy atom. The molecule has 0 aromatic carbocycles. The van der Waals surface area contributed by atoms with Crippen LogP contribution >= 0.6 is 0 Å². The predicted octanol–water partition coefficient (Wildman–Crippen LogP) is 2.35. The zero-order valence-corrected chi connectivity index (χ0v) is 10.5. The Balaban J connectivity index is 1.92. The second-order valence-electron chi connectivity index (χ2n) is 4.88. The summed E-state index contributed by atoms with van der Waals surface area (Å²) in [4.78, 5) is 3.78. The number of hydrogen-bond donors (Lipinski definition) is 2. The lowest BCUT2D eigenvalue weighted by molar-refractivity contribution is -0.138. The fourth-order valence-electron chi connectivity index (χ4n) is 2.47. The maximum Gasteiger partial charge on any atom is 0.418 e. The van der Waals surface area contributed by atoms with E-state index in [-0.39, 0.29) is 24.3 Å². The van der Waals surface area contributed by atoms with Crippen LogP contribution in [0.5, 0.6) is 0 Å². The van der Waals surface area contributed by atoms with Crippen molar-refractivity contribution in [1.29, 1.82) is 0 Å². The van der Waals surface area contributed by atoms with Gasteiger partial charge in [-0.15, -0.1) is 0 Å². The minimum absolute atomic E-state index is 0.00230. The van der Waals surface area contributed by atoms with Crippen LogP contribution < -0.4 is 5.32 Å². The Kier molecular flexibility index (Phi) is 4.42. The smallest absolute Gasteiger partial charge is 0.393 e. The Bertz CT molecular complexity index is 423. The highest BCUT2D eigenvalue weighted by molar-refractivity contribution is 5.22. The lowest BCUT2D eigenvalue weighted by Gasteiger charge is -2.16. The average molecular weight is 274 g/mol. The fraction of sp³-hybridized carbons (Fsp3) is 0.615. The quantitative estimate of drug-likeness (QED) is 0.886. The van der Waals surface area contributed by atoms with Crippen LogP contribution in [0.4, 0.5) is 13.2 Å². The van der Waals surface area contributed by atoms with E-state index < -0.39 is 11.7 Å². The zero-order valence-electron chi connectivity index (χ0n) is 10.5. The Hall–Kier alpha value is -1.14. The van der Waals surface area contributed by atoms with Gasteiger partial charge in [-0.3, -0.25) is 4.98 Å². The molecule has 1 fully saturated rings. The van der Waals surface area contributed by atoms with E-state index in [1.165, 1.54) is 12.3 Å². The first-order valence-electron chi connectivity index (χ1n) is 6.38. The Labute approximate surface area is 109 Å². The molecule has 0 bridgehead atoms. The molecule has 2 unspecified atom stereocenters. The molecule has 106 valence electrons. The SMILES string of the molecule is OC1CCCC1CNCc1ncccc1C(F)(F)F. The number of hydrogen-bond acceptors (Lipinski definition) is 3. The molecular formula is C13H17F3N2O. The number of alkyl halides is 3. The van der Waals surface area contributed by atoms with Gasteiger partial charge in [0.15, 0.2) is 0 Å². The van der Waals surface area contributed by atoms with Gasteiger partial charge in [0.05, 0.1) is 17.4 Å². The molecule has 0 saturated heterocycles. The van der Waals surface area contributed by atoms with Crippen molar-refractivity contribution in [2.24, 2.45) is 5.92 Å². The van der Waals surface area contributed by atoms with Gasteiger partial charge in [-0.25, -0.2) is 0 Å². The second kappa shape index (κ2) is 5.88. The van der Waals surface area contributed by atoms with Gasteiger partial charge in [0.25, 0.3) is 0 Å². The van der Waals surface area contributed by atoms with Crippen LogP contribution in [0.3, 0.4) is 0 Å². The highest BCUT2D eigenvalue weighted by Crippen LogP contribution is 2.31. The minimum atomic E-state index is -4.38. The van der Waals surface area contributed by atoms with Crippen molar-refractivity contribution in [2.45, 2.75) is 38.1 Å².